The SMILES string of the molecule is O=C(COc1ccc([N+](=O)[O-])cc1)N(Cc1cccc(Br)c1)[C@@H]1CCS(=O)(=O)C1. The highest BCUT2D eigenvalue weighted by Gasteiger charge is 2.34. The Balaban J connectivity index is 1.72. The number of sulfone groups is 1. The van der Waals surface area contributed by atoms with Crippen molar-refractivity contribution in [2.45, 2.75) is 19.0 Å². The van der Waals surface area contributed by atoms with Gasteiger partial charge in [-0.3, -0.25) is 14.9 Å². The number of nitrogens with zero attached hydrogens (tertiary/aromatic N) is 2. The number of nitro benzene ring substituents is 1. The molecule has 0 radical (unpaired) electrons. The Kier molecular flexibility index (Phi) is 6.53. The van der Waals surface area contributed by atoms with E-state index in [4.69, 9.17) is 4.74 Å². The van der Waals surface area contributed by atoms with E-state index in [0.29, 0.717) is 12.2 Å². The highest BCUT2D eigenvalue weighted by atomic mass is 79.9. The maximum Gasteiger partial charge on any atom is 0.269 e. The van der Waals surface area contributed by atoms with E-state index in [1.807, 2.05) is 24.3 Å². The maximum atomic E-state index is 12.9. The molecule has 0 unspecified atom stereocenters. The predicted octanol–water partition coefficient (Wildman–Crippen LogP) is 2.95. The number of carbonyl (C=O) groups excluding carboxylic acids is 1. The summed E-state index contributed by atoms with van der Waals surface area (Å²) in [6.07, 6.45) is 0.389. The van der Waals surface area contributed by atoms with Gasteiger partial charge in [0.2, 0.25) is 0 Å². The van der Waals surface area contributed by atoms with E-state index in [1.54, 1.807) is 0 Å². The average molecular weight is 483 g/mol. The Labute approximate surface area is 176 Å². The van der Waals surface area contributed by atoms with E-state index in [2.05, 4.69) is 15.9 Å². The molecule has 1 atom stereocenters. The van der Waals surface area contributed by atoms with Gasteiger partial charge in [-0.05, 0) is 36.2 Å². The second-order valence-corrected chi connectivity index (χ2v) is 9.89. The van der Waals surface area contributed by atoms with Crippen LogP contribution in [0.3, 0.4) is 0 Å². The average Bonchev–Trinajstić information content (AvgIpc) is 3.04. The van der Waals surface area contributed by atoms with Crippen LogP contribution >= 0.6 is 15.9 Å². The number of nitro groups is 1. The molecule has 1 heterocycles. The Hall–Kier alpha value is -2.46. The van der Waals surface area contributed by atoms with Crippen molar-refractivity contribution in [1.82, 2.24) is 4.90 Å². The lowest BCUT2D eigenvalue weighted by atomic mass is 10.1. The standard InChI is InChI=1S/C19H19BrN2O6S/c20-15-3-1-2-14(10-15)11-21(17-8-9-29(26,27)13-17)19(23)12-28-18-6-4-16(5-7-18)22(24)25/h1-7,10,17H,8-9,11-13H2/t17-/m1/s1. The zero-order valence-corrected chi connectivity index (χ0v) is 17.8. The molecule has 0 N–H and O–H groups in total. The van der Waals surface area contributed by atoms with Gasteiger partial charge in [0.25, 0.3) is 11.6 Å². The zero-order valence-electron chi connectivity index (χ0n) is 15.4. The van der Waals surface area contributed by atoms with Crippen molar-refractivity contribution in [3.8, 4) is 5.75 Å². The van der Waals surface area contributed by atoms with Crippen LogP contribution in [0.15, 0.2) is 53.0 Å². The first-order valence-electron chi connectivity index (χ1n) is 8.85. The summed E-state index contributed by atoms with van der Waals surface area (Å²) < 4.78 is 30.2. The Morgan fingerprint density at radius 2 is 1.97 bits per heavy atom. The Bertz CT molecular complexity index is 1010. The number of ether oxygens (including phenoxy) is 1. The Morgan fingerprint density at radius 1 is 1.24 bits per heavy atom. The topological polar surface area (TPSA) is 107 Å². The molecule has 2 aromatic carbocycles. The van der Waals surface area contributed by atoms with Gasteiger partial charge in [-0.2, -0.15) is 0 Å². The van der Waals surface area contributed by atoms with Crippen molar-refractivity contribution >= 4 is 37.4 Å². The molecule has 1 fully saturated rings. The normalized spacial score (nSPS) is 17.6. The summed E-state index contributed by atoms with van der Waals surface area (Å²) in [4.78, 5) is 24.6. The summed E-state index contributed by atoms with van der Waals surface area (Å²) in [5.41, 5.74) is 0.795. The summed E-state index contributed by atoms with van der Waals surface area (Å²) in [5.74, 6) is -0.0243. The second kappa shape index (κ2) is 8.91. The molecule has 2 aromatic rings. The number of hydrogen-bond donors (Lipinski definition) is 0. The molecule has 154 valence electrons. The van der Waals surface area contributed by atoms with Gasteiger partial charge in [0.05, 0.1) is 16.4 Å². The minimum atomic E-state index is -3.16. The molecule has 0 aliphatic carbocycles. The molecule has 1 saturated heterocycles. The minimum Gasteiger partial charge on any atom is -0.484 e. The zero-order chi connectivity index (χ0) is 21.0. The molecular weight excluding hydrogens is 464 g/mol. The van der Waals surface area contributed by atoms with Crippen LogP contribution in [0.1, 0.15) is 12.0 Å². The minimum absolute atomic E-state index is 0.0587. The quantitative estimate of drug-likeness (QED) is 0.443. The van der Waals surface area contributed by atoms with E-state index in [9.17, 15) is 23.3 Å². The van der Waals surface area contributed by atoms with Crippen LogP contribution in [0.2, 0.25) is 0 Å². The van der Waals surface area contributed by atoms with E-state index < -0.39 is 20.8 Å². The number of hydrogen-bond acceptors (Lipinski definition) is 6. The van der Waals surface area contributed by atoms with Gasteiger partial charge in [-0.25, -0.2) is 8.42 Å². The van der Waals surface area contributed by atoms with Crippen molar-refractivity contribution in [1.29, 1.82) is 0 Å². The van der Waals surface area contributed by atoms with Gasteiger partial charge >= 0.3 is 0 Å². The van der Waals surface area contributed by atoms with Gasteiger partial charge in [0.15, 0.2) is 16.4 Å². The molecule has 1 amide bonds. The molecule has 8 nitrogen and oxygen atoms in total. The molecule has 0 spiro atoms. The molecule has 1 aliphatic heterocycles. The lowest BCUT2D eigenvalue weighted by Crippen LogP contribution is -2.43. The number of benzene rings is 2. The molecule has 1 aliphatic rings. The van der Waals surface area contributed by atoms with Crippen molar-refractivity contribution in [3.05, 3.63) is 68.7 Å². The van der Waals surface area contributed by atoms with E-state index in [-0.39, 0.29) is 36.3 Å². The maximum absolute atomic E-state index is 12.9. The van der Waals surface area contributed by atoms with Crippen molar-refractivity contribution in [2.24, 2.45) is 0 Å². The number of carbonyl (C=O) groups is 1. The third-order valence-corrected chi connectivity index (χ3v) is 6.86. The van der Waals surface area contributed by atoms with Gasteiger partial charge in [0, 0.05) is 29.2 Å². The van der Waals surface area contributed by atoms with Gasteiger partial charge in [-0.15, -0.1) is 0 Å². The monoisotopic (exact) mass is 482 g/mol. The molecular formula is C19H19BrN2O6S. The molecule has 10 heteroatoms. The van der Waals surface area contributed by atoms with Crippen molar-refractivity contribution in [2.75, 3.05) is 18.1 Å². The third kappa shape index (κ3) is 5.77. The smallest absolute Gasteiger partial charge is 0.269 e. The fraction of sp³-hybridized carbons (Fsp3) is 0.316. The van der Waals surface area contributed by atoms with Gasteiger partial charge in [-0.1, -0.05) is 28.1 Å². The third-order valence-electron chi connectivity index (χ3n) is 4.62. The summed E-state index contributed by atoms with van der Waals surface area (Å²) in [7, 11) is -3.16. The summed E-state index contributed by atoms with van der Waals surface area (Å²) in [5, 5.41) is 10.7. The highest BCUT2D eigenvalue weighted by molar-refractivity contribution is 9.10. The number of non-ortho nitro benzene ring substituents is 1. The van der Waals surface area contributed by atoms with Crippen LogP contribution in [0.4, 0.5) is 5.69 Å². The summed E-state index contributed by atoms with van der Waals surface area (Å²) in [6.45, 7) is -0.0234. The number of amides is 1. The second-order valence-electron chi connectivity index (χ2n) is 6.75. The largest absolute Gasteiger partial charge is 0.484 e. The molecule has 0 bridgehead atoms. The van der Waals surface area contributed by atoms with Crippen LogP contribution in [-0.4, -0.2) is 48.3 Å². The Morgan fingerprint density at radius 3 is 2.55 bits per heavy atom. The van der Waals surface area contributed by atoms with Crippen LogP contribution in [0.25, 0.3) is 0 Å². The molecule has 3 rings (SSSR count). The van der Waals surface area contributed by atoms with Crippen molar-refractivity contribution < 1.29 is 22.9 Å². The molecule has 29 heavy (non-hydrogen) atoms. The number of rotatable bonds is 7. The lowest BCUT2D eigenvalue weighted by Gasteiger charge is -2.28. The van der Waals surface area contributed by atoms with E-state index in [1.165, 1.54) is 29.2 Å². The van der Waals surface area contributed by atoms with Crippen LogP contribution in [0, 0.1) is 10.1 Å². The first-order valence-corrected chi connectivity index (χ1v) is 11.5. The van der Waals surface area contributed by atoms with E-state index >= 15 is 0 Å². The molecule has 0 saturated carbocycles. The highest BCUT2D eigenvalue weighted by Crippen LogP contribution is 2.22. The lowest BCUT2D eigenvalue weighted by molar-refractivity contribution is -0.384. The van der Waals surface area contributed by atoms with Crippen LogP contribution in [-0.2, 0) is 21.2 Å². The summed E-state index contributed by atoms with van der Waals surface area (Å²) >= 11 is 3.40. The first kappa shape index (κ1) is 21.3. The van der Waals surface area contributed by atoms with Gasteiger partial charge in [0.1, 0.15) is 5.75 Å². The first-order chi connectivity index (χ1) is 13.7. The van der Waals surface area contributed by atoms with Crippen molar-refractivity contribution in [3.63, 3.8) is 0 Å². The van der Waals surface area contributed by atoms with Crippen LogP contribution < -0.4 is 4.74 Å². The summed E-state index contributed by atoms with van der Waals surface area (Å²) in [6, 6.07) is 12.5. The fourth-order valence-electron chi connectivity index (χ4n) is 3.17. The fourth-order valence-corrected chi connectivity index (χ4v) is 5.34. The van der Waals surface area contributed by atoms with Gasteiger partial charge < -0.3 is 9.64 Å². The van der Waals surface area contributed by atoms with E-state index in [0.717, 1.165) is 10.0 Å². The predicted molar refractivity (Wildman–Crippen MR) is 110 cm³/mol. The molecule has 0 aromatic heterocycles. The number of halogens is 1. The van der Waals surface area contributed by atoms with Crippen LogP contribution in [0.5, 0.6) is 5.75 Å².